The average molecular weight is 510 g/mol. The van der Waals surface area contributed by atoms with E-state index in [0.29, 0.717) is 21.5 Å². The molecule has 37 heavy (non-hydrogen) atoms. The van der Waals surface area contributed by atoms with Gasteiger partial charge in [0.2, 0.25) is 0 Å². The number of nitriles is 1. The van der Waals surface area contributed by atoms with Gasteiger partial charge in [-0.1, -0.05) is 58.4 Å². The number of rotatable bonds is 6. The first kappa shape index (κ1) is 25.0. The Morgan fingerprint density at radius 1 is 1.05 bits per heavy atom. The number of fused-ring (bicyclic) bond motifs is 4. The fourth-order valence-corrected chi connectivity index (χ4v) is 5.83. The SMILES string of the molecule is CCCCN(CC)c1ccc2c(C#N)c(-c3nc4c(ccc5cc(C(C)(C)C)ccc54)s3)c(=O)oc2c1. The van der Waals surface area contributed by atoms with Crippen LogP contribution in [0.5, 0.6) is 0 Å². The van der Waals surface area contributed by atoms with Gasteiger partial charge in [0.1, 0.15) is 22.2 Å². The highest BCUT2D eigenvalue weighted by molar-refractivity contribution is 7.21. The molecule has 0 atom stereocenters. The fourth-order valence-electron chi connectivity index (χ4n) is 4.81. The van der Waals surface area contributed by atoms with Crippen LogP contribution in [-0.4, -0.2) is 18.1 Å². The quantitative estimate of drug-likeness (QED) is 0.217. The standard InChI is InChI=1S/C31H31N3O2S/c1-6-8-15-34(7-2)21-11-13-23-24(18-32)27(30(35)36-25(23)17-21)29-33-28-22-12-10-20(31(3,4)5)16-19(22)9-14-26(28)37-29/h9-14,16-17H,6-8,15H2,1-5H3. The molecule has 0 unspecified atom stereocenters. The Hall–Kier alpha value is -3.69. The van der Waals surface area contributed by atoms with Crippen LogP contribution in [0.4, 0.5) is 5.69 Å². The van der Waals surface area contributed by atoms with E-state index in [9.17, 15) is 10.1 Å². The van der Waals surface area contributed by atoms with E-state index in [1.165, 1.54) is 16.9 Å². The topological polar surface area (TPSA) is 70.1 Å². The van der Waals surface area contributed by atoms with Crippen molar-refractivity contribution in [2.75, 3.05) is 18.0 Å². The Morgan fingerprint density at radius 2 is 1.84 bits per heavy atom. The zero-order valence-corrected chi connectivity index (χ0v) is 22.8. The minimum absolute atomic E-state index is 0.0478. The summed E-state index contributed by atoms with van der Waals surface area (Å²) >= 11 is 1.42. The maximum Gasteiger partial charge on any atom is 0.348 e. The van der Waals surface area contributed by atoms with Crippen molar-refractivity contribution >= 4 is 49.0 Å². The summed E-state index contributed by atoms with van der Waals surface area (Å²) in [6.45, 7) is 12.7. The van der Waals surface area contributed by atoms with E-state index in [0.717, 1.165) is 52.6 Å². The third-order valence-electron chi connectivity index (χ3n) is 6.99. The number of unbranched alkanes of at least 4 members (excludes halogenated alkanes) is 1. The first-order valence-electron chi connectivity index (χ1n) is 12.8. The summed E-state index contributed by atoms with van der Waals surface area (Å²) in [4.78, 5) is 20.4. The molecule has 0 amide bonds. The van der Waals surface area contributed by atoms with E-state index in [1.807, 2.05) is 24.3 Å². The molecule has 0 aliphatic heterocycles. The number of aromatic nitrogens is 1. The molecule has 0 saturated carbocycles. The van der Waals surface area contributed by atoms with Gasteiger partial charge in [-0.2, -0.15) is 5.26 Å². The minimum Gasteiger partial charge on any atom is -0.422 e. The van der Waals surface area contributed by atoms with E-state index >= 15 is 0 Å². The Labute approximate surface area is 221 Å². The predicted molar refractivity (Wildman–Crippen MR) is 155 cm³/mol. The van der Waals surface area contributed by atoms with Crippen molar-refractivity contribution in [2.45, 2.75) is 52.9 Å². The van der Waals surface area contributed by atoms with Crippen molar-refractivity contribution in [3.8, 4) is 16.6 Å². The zero-order valence-electron chi connectivity index (χ0n) is 22.0. The highest BCUT2D eigenvalue weighted by Crippen LogP contribution is 2.37. The first-order valence-corrected chi connectivity index (χ1v) is 13.7. The van der Waals surface area contributed by atoms with Gasteiger partial charge in [0.05, 0.1) is 15.8 Å². The number of anilines is 1. The molecule has 5 aromatic rings. The molecular weight excluding hydrogens is 478 g/mol. The molecule has 0 N–H and O–H groups in total. The normalized spacial score (nSPS) is 11.9. The van der Waals surface area contributed by atoms with Crippen LogP contribution < -0.4 is 10.5 Å². The van der Waals surface area contributed by atoms with Gasteiger partial charge in [0, 0.05) is 35.6 Å². The molecule has 0 fully saturated rings. The Bertz CT molecular complexity index is 1730. The molecule has 5 nitrogen and oxygen atoms in total. The monoisotopic (exact) mass is 509 g/mol. The van der Waals surface area contributed by atoms with E-state index in [-0.39, 0.29) is 11.0 Å². The number of hydrogen-bond acceptors (Lipinski definition) is 6. The highest BCUT2D eigenvalue weighted by atomic mass is 32.1. The van der Waals surface area contributed by atoms with Crippen molar-refractivity contribution < 1.29 is 4.42 Å². The van der Waals surface area contributed by atoms with Crippen LogP contribution in [0, 0.1) is 11.3 Å². The minimum atomic E-state index is -0.531. The zero-order chi connectivity index (χ0) is 26.3. The van der Waals surface area contributed by atoms with Crippen LogP contribution >= 0.6 is 11.3 Å². The molecule has 0 bridgehead atoms. The number of benzene rings is 3. The van der Waals surface area contributed by atoms with Gasteiger partial charge in [0.15, 0.2) is 0 Å². The molecule has 0 aliphatic rings. The van der Waals surface area contributed by atoms with E-state index in [2.05, 4.69) is 69.9 Å². The molecule has 0 radical (unpaired) electrons. The predicted octanol–water partition coefficient (Wildman–Crippen LogP) is 8.02. The summed E-state index contributed by atoms with van der Waals surface area (Å²) in [7, 11) is 0. The van der Waals surface area contributed by atoms with Crippen molar-refractivity contribution in [3.05, 3.63) is 70.1 Å². The summed E-state index contributed by atoms with van der Waals surface area (Å²) in [6.07, 6.45) is 2.19. The Morgan fingerprint density at radius 3 is 2.54 bits per heavy atom. The number of hydrogen-bond donors (Lipinski definition) is 0. The average Bonchev–Trinajstić information content (AvgIpc) is 3.31. The fraction of sp³-hybridized carbons (Fsp3) is 0.323. The molecule has 0 saturated heterocycles. The summed E-state index contributed by atoms with van der Waals surface area (Å²) in [5, 5.41) is 13.4. The summed E-state index contributed by atoms with van der Waals surface area (Å²) in [6, 6.07) is 18.6. The van der Waals surface area contributed by atoms with Gasteiger partial charge in [0.25, 0.3) is 0 Å². The van der Waals surface area contributed by atoms with Crippen molar-refractivity contribution in [1.29, 1.82) is 5.26 Å². The number of thiazole rings is 1. The molecule has 2 heterocycles. The van der Waals surface area contributed by atoms with Crippen LogP contribution in [0.1, 0.15) is 58.6 Å². The van der Waals surface area contributed by atoms with Crippen molar-refractivity contribution in [3.63, 3.8) is 0 Å². The first-order chi connectivity index (χ1) is 17.7. The molecule has 6 heteroatoms. The number of nitrogens with zero attached hydrogens (tertiary/aromatic N) is 3. The molecule has 5 rings (SSSR count). The van der Waals surface area contributed by atoms with Crippen LogP contribution in [-0.2, 0) is 5.41 Å². The molecular formula is C31H31N3O2S. The second-order valence-electron chi connectivity index (χ2n) is 10.5. The second-order valence-corrected chi connectivity index (χ2v) is 11.5. The molecule has 2 aromatic heterocycles. The lowest BCUT2D eigenvalue weighted by Gasteiger charge is -2.23. The van der Waals surface area contributed by atoms with Gasteiger partial charge in [-0.05, 0) is 47.9 Å². The smallest absolute Gasteiger partial charge is 0.348 e. The van der Waals surface area contributed by atoms with E-state index in [1.54, 1.807) is 0 Å². The molecule has 3 aromatic carbocycles. The van der Waals surface area contributed by atoms with Gasteiger partial charge in [-0.25, -0.2) is 9.78 Å². The Balaban J connectivity index is 1.65. The van der Waals surface area contributed by atoms with Crippen LogP contribution in [0.15, 0.2) is 57.7 Å². The van der Waals surface area contributed by atoms with Gasteiger partial charge in [-0.15, -0.1) is 11.3 Å². The molecule has 188 valence electrons. The van der Waals surface area contributed by atoms with Gasteiger partial charge >= 0.3 is 5.63 Å². The van der Waals surface area contributed by atoms with E-state index < -0.39 is 5.63 Å². The van der Waals surface area contributed by atoms with Crippen LogP contribution in [0.3, 0.4) is 0 Å². The van der Waals surface area contributed by atoms with Crippen molar-refractivity contribution in [1.82, 2.24) is 4.98 Å². The summed E-state index contributed by atoms with van der Waals surface area (Å²) in [5.41, 5.74) is 3.58. The third kappa shape index (κ3) is 4.49. The maximum atomic E-state index is 13.3. The van der Waals surface area contributed by atoms with Crippen LogP contribution in [0.2, 0.25) is 0 Å². The lowest BCUT2D eigenvalue weighted by molar-refractivity contribution is 0.563. The Kier molecular flexibility index (Phi) is 6.51. The lowest BCUT2D eigenvalue weighted by Crippen LogP contribution is -2.23. The molecule has 0 aliphatic carbocycles. The van der Waals surface area contributed by atoms with Gasteiger partial charge < -0.3 is 9.32 Å². The van der Waals surface area contributed by atoms with Crippen molar-refractivity contribution in [2.24, 2.45) is 0 Å². The summed E-state index contributed by atoms with van der Waals surface area (Å²) < 4.78 is 6.77. The summed E-state index contributed by atoms with van der Waals surface area (Å²) in [5.74, 6) is 0. The molecule has 0 spiro atoms. The van der Waals surface area contributed by atoms with Gasteiger partial charge in [-0.3, -0.25) is 0 Å². The van der Waals surface area contributed by atoms with Crippen LogP contribution in [0.25, 0.3) is 42.5 Å². The highest BCUT2D eigenvalue weighted by Gasteiger charge is 2.22. The lowest BCUT2D eigenvalue weighted by atomic mass is 9.86. The largest absolute Gasteiger partial charge is 0.422 e. The second kappa shape index (κ2) is 9.64. The third-order valence-corrected chi connectivity index (χ3v) is 8.02. The maximum absolute atomic E-state index is 13.3. The van der Waals surface area contributed by atoms with E-state index in [4.69, 9.17) is 9.40 Å².